The van der Waals surface area contributed by atoms with E-state index in [2.05, 4.69) is 10.3 Å². The maximum absolute atomic E-state index is 11.0. The Morgan fingerprint density at radius 3 is 2.68 bits per heavy atom. The predicted octanol–water partition coefficient (Wildman–Crippen LogP) is 2.15. The summed E-state index contributed by atoms with van der Waals surface area (Å²) < 4.78 is 1.75. The number of pyridine rings is 1. The van der Waals surface area contributed by atoms with E-state index in [1.54, 1.807) is 10.9 Å². The number of nitrogens with zero attached hydrogens (tertiary/aromatic N) is 4. The van der Waals surface area contributed by atoms with Crippen LogP contribution in [0.2, 0.25) is 0 Å². The first-order chi connectivity index (χ1) is 10.7. The number of hydrogen-bond donors (Lipinski definition) is 1. The minimum Gasteiger partial charge on any atom is -0.481 e. The zero-order chi connectivity index (χ0) is 15.4. The van der Waals surface area contributed by atoms with Crippen LogP contribution in [0.25, 0.3) is 0 Å². The molecule has 2 aromatic rings. The van der Waals surface area contributed by atoms with Crippen LogP contribution in [0.4, 0.5) is 0 Å². The van der Waals surface area contributed by atoms with Crippen molar-refractivity contribution in [1.82, 2.24) is 20.0 Å². The Bertz CT molecular complexity index is 619. The van der Waals surface area contributed by atoms with Crippen molar-refractivity contribution in [3.63, 3.8) is 0 Å². The highest BCUT2D eigenvalue weighted by Crippen LogP contribution is 2.30. The third-order valence-corrected chi connectivity index (χ3v) is 4.35. The fourth-order valence-electron chi connectivity index (χ4n) is 3.12. The van der Waals surface area contributed by atoms with Crippen LogP contribution in [0, 0.1) is 11.8 Å². The summed E-state index contributed by atoms with van der Waals surface area (Å²) in [7, 11) is 0. The number of carboxylic acids is 1. The summed E-state index contributed by atoms with van der Waals surface area (Å²) in [6, 6.07) is 6.07. The SMILES string of the molecule is O=C(O)C1CCC(Cc2cccc(Cn3ccnn3)n2)CC1. The van der Waals surface area contributed by atoms with Crippen molar-refractivity contribution in [2.75, 3.05) is 0 Å². The number of carboxylic acid groups (broad SMARTS) is 1. The van der Waals surface area contributed by atoms with E-state index in [4.69, 9.17) is 10.1 Å². The molecule has 0 saturated heterocycles. The molecule has 6 heteroatoms. The molecule has 2 aromatic heterocycles. The second kappa shape index (κ2) is 6.68. The standard InChI is InChI=1S/C16H20N4O2/c21-16(22)13-6-4-12(5-7-13)10-14-2-1-3-15(18-14)11-20-9-8-17-19-20/h1-3,8-9,12-13H,4-7,10-11H2,(H,21,22). The van der Waals surface area contributed by atoms with E-state index in [1.165, 1.54) is 0 Å². The molecule has 0 aromatic carbocycles. The maximum atomic E-state index is 11.0. The second-order valence-corrected chi connectivity index (χ2v) is 5.98. The Balaban J connectivity index is 1.58. The van der Waals surface area contributed by atoms with Gasteiger partial charge in [-0.15, -0.1) is 5.10 Å². The van der Waals surface area contributed by atoms with Crippen LogP contribution in [0.1, 0.15) is 37.1 Å². The van der Waals surface area contributed by atoms with Gasteiger partial charge in [0.2, 0.25) is 0 Å². The van der Waals surface area contributed by atoms with Gasteiger partial charge in [-0.3, -0.25) is 9.78 Å². The lowest BCUT2D eigenvalue weighted by atomic mass is 9.80. The molecule has 116 valence electrons. The minimum absolute atomic E-state index is 0.150. The predicted molar refractivity (Wildman–Crippen MR) is 80.1 cm³/mol. The Kier molecular flexibility index (Phi) is 4.46. The summed E-state index contributed by atoms with van der Waals surface area (Å²) in [5, 5.41) is 16.8. The normalized spacial score (nSPS) is 21.6. The van der Waals surface area contributed by atoms with Crippen molar-refractivity contribution >= 4 is 5.97 Å². The molecule has 0 amide bonds. The average molecular weight is 300 g/mol. The maximum Gasteiger partial charge on any atom is 0.306 e. The summed E-state index contributed by atoms with van der Waals surface area (Å²) in [6.07, 6.45) is 7.94. The van der Waals surface area contributed by atoms with Gasteiger partial charge in [-0.05, 0) is 50.2 Å². The quantitative estimate of drug-likeness (QED) is 0.915. The highest BCUT2D eigenvalue weighted by molar-refractivity contribution is 5.69. The van der Waals surface area contributed by atoms with Gasteiger partial charge in [0.15, 0.2) is 0 Å². The first kappa shape index (κ1) is 14.7. The Morgan fingerprint density at radius 2 is 2.00 bits per heavy atom. The van der Waals surface area contributed by atoms with Gasteiger partial charge in [0.1, 0.15) is 0 Å². The zero-order valence-corrected chi connectivity index (χ0v) is 12.4. The number of carbonyl (C=O) groups is 1. The summed E-state index contributed by atoms with van der Waals surface area (Å²) in [5.74, 6) is -0.251. The summed E-state index contributed by atoms with van der Waals surface area (Å²) in [6.45, 7) is 0.625. The molecule has 1 aliphatic rings. The van der Waals surface area contributed by atoms with Crippen LogP contribution in [-0.4, -0.2) is 31.1 Å². The molecular formula is C16H20N4O2. The average Bonchev–Trinajstić information content (AvgIpc) is 3.01. The third-order valence-electron chi connectivity index (χ3n) is 4.35. The Hall–Kier alpha value is -2.24. The monoisotopic (exact) mass is 300 g/mol. The van der Waals surface area contributed by atoms with Crippen molar-refractivity contribution < 1.29 is 9.90 Å². The van der Waals surface area contributed by atoms with Crippen molar-refractivity contribution in [2.24, 2.45) is 11.8 Å². The van der Waals surface area contributed by atoms with Gasteiger partial charge >= 0.3 is 5.97 Å². The van der Waals surface area contributed by atoms with Gasteiger partial charge in [0, 0.05) is 11.9 Å². The van der Waals surface area contributed by atoms with Gasteiger partial charge in [0.25, 0.3) is 0 Å². The van der Waals surface area contributed by atoms with Gasteiger partial charge in [-0.1, -0.05) is 11.3 Å². The van der Waals surface area contributed by atoms with E-state index in [9.17, 15) is 4.79 Å². The van der Waals surface area contributed by atoms with Gasteiger partial charge < -0.3 is 5.11 Å². The van der Waals surface area contributed by atoms with E-state index in [1.807, 2.05) is 24.4 Å². The smallest absolute Gasteiger partial charge is 0.306 e. The molecule has 1 aliphatic carbocycles. The number of rotatable bonds is 5. The first-order valence-electron chi connectivity index (χ1n) is 7.72. The highest BCUT2D eigenvalue weighted by Gasteiger charge is 2.26. The van der Waals surface area contributed by atoms with Gasteiger partial charge in [-0.25, -0.2) is 4.68 Å². The molecule has 2 heterocycles. The van der Waals surface area contributed by atoms with Crippen molar-refractivity contribution in [3.05, 3.63) is 42.0 Å². The molecule has 1 fully saturated rings. The Labute approximate surface area is 129 Å². The van der Waals surface area contributed by atoms with E-state index >= 15 is 0 Å². The van der Waals surface area contributed by atoms with Gasteiger partial charge in [0.05, 0.1) is 24.4 Å². The lowest BCUT2D eigenvalue weighted by molar-refractivity contribution is -0.143. The van der Waals surface area contributed by atoms with Crippen molar-refractivity contribution in [1.29, 1.82) is 0 Å². The lowest BCUT2D eigenvalue weighted by Crippen LogP contribution is -2.22. The van der Waals surface area contributed by atoms with E-state index < -0.39 is 5.97 Å². The lowest BCUT2D eigenvalue weighted by Gasteiger charge is -2.25. The fraction of sp³-hybridized carbons (Fsp3) is 0.500. The van der Waals surface area contributed by atoms with Crippen LogP contribution in [0.3, 0.4) is 0 Å². The summed E-state index contributed by atoms with van der Waals surface area (Å²) in [5.41, 5.74) is 2.05. The Morgan fingerprint density at radius 1 is 1.23 bits per heavy atom. The largest absolute Gasteiger partial charge is 0.481 e. The van der Waals surface area contributed by atoms with Crippen LogP contribution in [0.5, 0.6) is 0 Å². The molecular weight excluding hydrogens is 280 g/mol. The molecule has 0 radical (unpaired) electrons. The second-order valence-electron chi connectivity index (χ2n) is 5.98. The van der Waals surface area contributed by atoms with Crippen LogP contribution in [0.15, 0.2) is 30.6 Å². The third kappa shape index (κ3) is 3.69. The molecule has 0 atom stereocenters. The molecule has 1 saturated carbocycles. The molecule has 0 bridgehead atoms. The zero-order valence-electron chi connectivity index (χ0n) is 12.4. The van der Waals surface area contributed by atoms with Gasteiger partial charge in [-0.2, -0.15) is 0 Å². The molecule has 6 nitrogen and oxygen atoms in total. The fourth-order valence-corrected chi connectivity index (χ4v) is 3.12. The summed E-state index contributed by atoms with van der Waals surface area (Å²) in [4.78, 5) is 15.7. The number of hydrogen-bond acceptors (Lipinski definition) is 4. The molecule has 1 N–H and O–H groups in total. The van der Waals surface area contributed by atoms with E-state index in [0.29, 0.717) is 12.5 Å². The molecule has 3 rings (SSSR count). The van der Waals surface area contributed by atoms with Crippen LogP contribution < -0.4 is 0 Å². The van der Waals surface area contributed by atoms with E-state index in [0.717, 1.165) is 43.5 Å². The van der Waals surface area contributed by atoms with Crippen molar-refractivity contribution in [3.8, 4) is 0 Å². The molecule has 0 aliphatic heterocycles. The molecule has 22 heavy (non-hydrogen) atoms. The topological polar surface area (TPSA) is 80.9 Å². The van der Waals surface area contributed by atoms with Crippen LogP contribution in [-0.2, 0) is 17.8 Å². The summed E-state index contributed by atoms with van der Waals surface area (Å²) >= 11 is 0. The number of aliphatic carboxylic acids is 1. The first-order valence-corrected chi connectivity index (χ1v) is 7.72. The van der Waals surface area contributed by atoms with Crippen molar-refractivity contribution in [2.45, 2.75) is 38.6 Å². The molecule has 0 unspecified atom stereocenters. The number of aromatic nitrogens is 4. The van der Waals surface area contributed by atoms with E-state index in [-0.39, 0.29) is 5.92 Å². The minimum atomic E-state index is -0.647. The highest BCUT2D eigenvalue weighted by atomic mass is 16.4. The molecule has 0 spiro atoms. The van der Waals surface area contributed by atoms with Crippen LogP contribution >= 0.6 is 0 Å².